The lowest BCUT2D eigenvalue weighted by Gasteiger charge is -2.11. The van der Waals surface area contributed by atoms with Gasteiger partial charge in [-0.1, -0.05) is 24.3 Å². The molecule has 0 saturated carbocycles. The van der Waals surface area contributed by atoms with Crippen molar-refractivity contribution < 1.29 is 28.0 Å². The van der Waals surface area contributed by atoms with Crippen LogP contribution in [0, 0.1) is 27.0 Å². The molecule has 3 aromatic rings. The van der Waals surface area contributed by atoms with Crippen LogP contribution in [0.2, 0.25) is 0 Å². The normalized spacial score (nSPS) is 10.5. The van der Waals surface area contributed by atoms with Crippen LogP contribution < -0.4 is 10.0 Å². The Labute approximate surface area is 169 Å². The van der Waals surface area contributed by atoms with Crippen molar-refractivity contribution in [3.8, 4) is 11.1 Å². The molecule has 0 aliphatic carbocycles. The van der Waals surface area contributed by atoms with E-state index >= 15 is 0 Å². The van der Waals surface area contributed by atoms with Gasteiger partial charge in [-0.05, 0) is 23.3 Å². The van der Waals surface area contributed by atoms with Crippen LogP contribution in [0.15, 0.2) is 54.7 Å². The van der Waals surface area contributed by atoms with E-state index in [1.54, 1.807) is 0 Å². The monoisotopic (exact) mass is 415 g/mol. The van der Waals surface area contributed by atoms with Crippen molar-refractivity contribution in [3.63, 3.8) is 0 Å². The zero-order chi connectivity index (χ0) is 21.8. The molecule has 0 atom stereocenters. The maximum Gasteiger partial charge on any atom is 0.341 e. The maximum atomic E-state index is 14.6. The number of methoxy groups -OCH3 is 1. The Morgan fingerprint density at radius 2 is 1.93 bits per heavy atom. The Balaban J connectivity index is 1.87. The molecule has 0 amide bonds. The van der Waals surface area contributed by atoms with Gasteiger partial charge in [0.05, 0.1) is 18.1 Å². The van der Waals surface area contributed by atoms with Gasteiger partial charge in [0.1, 0.15) is 36.0 Å². The lowest BCUT2D eigenvalue weighted by Crippen LogP contribution is -2.30. The number of pyridine rings is 1. The number of halogens is 2. The van der Waals surface area contributed by atoms with Crippen molar-refractivity contribution >= 4 is 17.5 Å². The molecule has 1 aromatic heterocycles. The van der Waals surface area contributed by atoms with E-state index in [-0.39, 0.29) is 40.3 Å². The zero-order valence-electron chi connectivity index (χ0n) is 15.6. The third kappa shape index (κ3) is 4.17. The molecule has 0 saturated heterocycles. The summed E-state index contributed by atoms with van der Waals surface area (Å²) in [6.07, 6.45) is 0.970. The molecule has 0 aliphatic heterocycles. The van der Waals surface area contributed by atoms with E-state index in [9.17, 15) is 28.9 Å². The number of carbonyl (C=O) groups excluding carboxylic acids is 1. The van der Waals surface area contributed by atoms with Crippen LogP contribution in [0.4, 0.5) is 20.3 Å². The van der Waals surface area contributed by atoms with E-state index in [0.29, 0.717) is 4.73 Å². The van der Waals surface area contributed by atoms with Gasteiger partial charge < -0.3 is 9.94 Å². The summed E-state index contributed by atoms with van der Waals surface area (Å²) in [6, 6.07) is 10.0. The van der Waals surface area contributed by atoms with E-state index in [2.05, 4.69) is 10.1 Å². The second-order valence-corrected chi connectivity index (χ2v) is 6.17. The molecule has 30 heavy (non-hydrogen) atoms. The predicted octanol–water partition coefficient (Wildman–Crippen LogP) is 3.57. The Morgan fingerprint density at radius 3 is 2.60 bits per heavy atom. The van der Waals surface area contributed by atoms with E-state index < -0.39 is 22.5 Å². The number of nitrogens with zero attached hydrogens (tertiary/aromatic N) is 2. The van der Waals surface area contributed by atoms with Crippen molar-refractivity contribution in [3.05, 3.63) is 92.8 Å². The number of nitro groups is 1. The first-order valence-corrected chi connectivity index (χ1v) is 8.59. The standard InChI is InChI=1S/C20H15F2N3O5/c1-30-20(26)19-15(3-2-4-16(19)21)12-5-6-13(17(22)9-12)11-23-18-10-14(25(28)29)7-8-24(18)27/h2-10,23H,11H2,1H3. The highest BCUT2D eigenvalue weighted by molar-refractivity contribution is 5.97. The summed E-state index contributed by atoms with van der Waals surface area (Å²) in [5.74, 6) is -2.48. The number of carbonyl (C=O) groups is 1. The third-order valence-corrected chi connectivity index (χ3v) is 4.34. The summed E-state index contributed by atoms with van der Waals surface area (Å²) >= 11 is 0. The van der Waals surface area contributed by atoms with Gasteiger partial charge in [-0.3, -0.25) is 15.4 Å². The second kappa shape index (κ2) is 8.52. The van der Waals surface area contributed by atoms with Gasteiger partial charge in [-0.25, -0.2) is 18.3 Å². The van der Waals surface area contributed by atoms with Gasteiger partial charge in [0.25, 0.3) is 11.5 Å². The maximum absolute atomic E-state index is 14.6. The number of hydrogen-bond donors (Lipinski definition) is 1. The summed E-state index contributed by atoms with van der Waals surface area (Å²) in [6.45, 7) is -0.136. The van der Waals surface area contributed by atoms with Crippen LogP contribution in [-0.2, 0) is 11.3 Å². The molecule has 154 valence electrons. The first-order chi connectivity index (χ1) is 14.3. The Bertz CT molecular complexity index is 1140. The van der Waals surface area contributed by atoms with Gasteiger partial charge in [-0.2, -0.15) is 0 Å². The van der Waals surface area contributed by atoms with E-state index in [0.717, 1.165) is 37.6 Å². The predicted molar refractivity (Wildman–Crippen MR) is 103 cm³/mol. The van der Waals surface area contributed by atoms with Crippen LogP contribution in [0.25, 0.3) is 11.1 Å². The number of anilines is 1. The molecule has 0 radical (unpaired) electrons. The fraction of sp³-hybridized carbons (Fsp3) is 0.100. The summed E-state index contributed by atoms with van der Waals surface area (Å²) in [5, 5.41) is 25.2. The molecule has 10 heteroatoms. The highest BCUT2D eigenvalue weighted by atomic mass is 19.1. The number of ether oxygens (including phenoxy) is 1. The topological polar surface area (TPSA) is 108 Å². The number of esters is 1. The first kappa shape index (κ1) is 20.6. The first-order valence-electron chi connectivity index (χ1n) is 8.59. The Kier molecular flexibility index (Phi) is 5.86. The van der Waals surface area contributed by atoms with Gasteiger partial charge in [-0.15, -0.1) is 0 Å². The van der Waals surface area contributed by atoms with Gasteiger partial charge in [0.15, 0.2) is 0 Å². The molecule has 0 bridgehead atoms. The second-order valence-electron chi connectivity index (χ2n) is 6.17. The summed E-state index contributed by atoms with van der Waals surface area (Å²) in [5.41, 5.74) is -0.0286. The van der Waals surface area contributed by atoms with Gasteiger partial charge in [0.2, 0.25) is 0 Å². The fourth-order valence-corrected chi connectivity index (χ4v) is 2.84. The number of aromatic nitrogens is 1. The minimum Gasteiger partial charge on any atom is -0.711 e. The molecule has 3 rings (SSSR count). The minimum absolute atomic E-state index is 0.120. The van der Waals surface area contributed by atoms with Gasteiger partial charge >= 0.3 is 5.97 Å². The van der Waals surface area contributed by atoms with Crippen molar-refractivity contribution in [2.45, 2.75) is 6.54 Å². The van der Waals surface area contributed by atoms with Crippen LogP contribution in [0.5, 0.6) is 0 Å². The van der Waals surface area contributed by atoms with Crippen LogP contribution in [-0.4, -0.2) is 18.0 Å². The summed E-state index contributed by atoms with van der Waals surface area (Å²) in [4.78, 5) is 22.1. The SMILES string of the molecule is COC(=O)c1c(F)cccc1-c1ccc(CNc2cc([N+](=O)[O-])cc[n+]2[O-])c(F)c1. The molecule has 0 aliphatic rings. The molecular formula is C20H15F2N3O5. The Morgan fingerprint density at radius 1 is 1.17 bits per heavy atom. The van der Waals surface area contributed by atoms with Crippen LogP contribution >= 0.6 is 0 Å². The van der Waals surface area contributed by atoms with Crippen LogP contribution in [0.1, 0.15) is 15.9 Å². The van der Waals surface area contributed by atoms with E-state index in [1.165, 1.54) is 24.3 Å². The molecule has 2 aromatic carbocycles. The quantitative estimate of drug-likeness (QED) is 0.217. The van der Waals surface area contributed by atoms with E-state index in [4.69, 9.17) is 0 Å². The van der Waals surface area contributed by atoms with E-state index in [1.807, 2.05) is 0 Å². The average Bonchev–Trinajstić information content (AvgIpc) is 2.73. The molecule has 0 fully saturated rings. The number of hydrogen-bond acceptors (Lipinski definition) is 6. The molecular weight excluding hydrogens is 400 g/mol. The molecule has 8 nitrogen and oxygen atoms in total. The number of benzene rings is 2. The zero-order valence-corrected chi connectivity index (χ0v) is 15.6. The number of nitrogens with one attached hydrogen (secondary N) is 1. The summed E-state index contributed by atoms with van der Waals surface area (Å²) in [7, 11) is 1.12. The molecule has 1 heterocycles. The lowest BCUT2D eigenvalue weighted by molar-refractivity contribution is -0.591. The highest BCUT2D eigenvalue weighted by Gasteiger charge is 2.20. The van der Waals surface area contributed by atoms with Crippen molar-refractivity contribution in [2.75, 3.05) is 12.4 Å². The summed E-state index contributed by atoms with van der Waals surface area (Å²) < 4.78 is 33.7. The largest absolute Gasteiger partial charge is 0.711 e. The smallest absolute Gasteiger partial charge is 0.341 e. The lowest BCUT2D eigenvalue weighted by atomic mass is 9.98. The molecule has 0 unspecified atom stereocenters. The average molecular weight is 415 g/mol. The number of rotatable bonds is 6. The van der Waals surface area contributed by atoms with Crippen molar-refractivity contribution in [1.29, 1.82) is 0 Å². The third-order valence-electron chi connectivity index (χ3n) is 4.34. The fourth-order valence-electron chi connectivity index (χ4n) is 2.84. The Hall–Kier alpha value is -4.08. The minimum atomic E-state index is -0.889. The van der Waals surface area contributed by atoms with Crippen LogP contribution in [0.3, 0.4) is 0 Å². The highest BCUT2D eigenvalue weighted by Crippen LogP contribution is 2.28. The van der Waals surface area contributed by atoms with Crippen molar-refractivity contribution in [2.24, 2.45) is 0 Å². The van der Waals surface area contributed by atoms with Gasteiger partial charge in [0, 0.05) is 5.56 Å². The molecule has 1 N–H and O–H groups in total. The van der Waals surface area contributed by atoms with Crippen molar-refractivity contribution in [1.82, 2.24) is 0 Å². The molecule has 0 spiro atoms.